The van der Waals surface area contributed by atoms with Crippen molar-refractivity contribution in [2.24, 2.45) is 11.1 Å². The Morgan fingerprint density at radius 1 is 1.16 bits per heavy atom. The van der Waals surface area contributed by atoms with Crippen molar-refractivity contribution in [2.75, 3.05) is 18.0 Å². The lowest BCUT2D eigenvalue weighted by molar-refractivity contribution is 0.186. The fourth-order valence-corrected chi connectivity index (χ4v) is 5.54. The van der Waals surface area contributed by atoms with Crippen LogP contribution < -0.4 is 10.6 Å². The molecule has 3 aromatic rings. The summed E-state index contributed by atoms with van der Waals surface area (Å²) in [4.78, 5) is 16.4. The summed E-state index contributed by atoms with van der Waals surface area (Å²) in [5.74, 6) is 0.726. The highest BCUT2D eigenvalue weighted by Crippen LogP contribution is 2.50. The van der Waals surface area contributed by atoms with E-state index < -0.39 is 0 Å². The first-order valence-corrected chi connectivity index (χ1v) is 11.6. The van der Waals surface area contributed by atoms with Gasteiger partial charge >= 0.3 is 0 Å². The van der Waals surface area contributed by atoms with Crippen LogP contribution in [-0.4, -0.2) is 33.1 Å². The molecule has 0 radical (unpaired) electrons. The standard InChI is InChI=1S/C24H25Cl2N5O/c1-14-21(16-4-2-6-17(25)20(16)26)30-19(13-32)23(29-14)31-10-7-24(8-11-31)12-18-15(22(24)27)5-3-9-28-18/h2-6,9,22,32H,7-8,10-13,27H2,1H3/t22-/m1/s1. The van der Waals surface area contributed by atoms with Crippen molar-refractivity contribution >= 4 is 29.0 Å². The van der Waals surface area contributed by atoms with Gasteiger partial charge in [-0.1, -0.05) is 41.4 Å². The molecule has 1 fully saturated rings. The van der Waals surface area contributed by atoms with Crippen LogP contribution in [0, 0.1) is 12.3 Å². The zero-order chi connectivity index (χ0) is 22.5. The number of aliphatic hydroxyl groups excluding tert-OH is 1. The van der Waals surface area contributed by atoms with Crippen LogP contribution in [0.1, 0.15) is 41.5 Å². The van der Waals surface area contributed by atoms with Crippen molar-refractivity contribution in [3.8, 4) is 11.3 Å². The quantitative estimate of drug-likeness (QED) is 0.587. The monoisotopic (exact) mass is 469 g/mol. The van der Waals surface area contributed by atoms with Crippen molar-refractivity contribution in [1.82, 2.24) is 15.0 Å². The molecule has 32 heavy (non-hydrogen) atoms. The van der Waals surface area contributed by atoms with Gasteiger partial charge < -0.3 is 15.7 Å². The summed E-state index contributed by atoms with van der Waals surface area (Å²) in [5, 5.41) is 11.0. The summed E-state index contributed by atoms with van der Waals surface area (Å²) < 4.78 is 0. The molecule has 2 aliphatic rings. The van der Waals surface area contributed by atoms with Crippen LogP contribution in [0.2, 0.25) is 10.0 Å². The molecule has 1 aromatic carbocycles. The number of nitrogens with two attached hydrogens (primary N) is 1. The Bertz CT molecular complexity index is 1180. The van der Waals surface area contributed by atoms with Crippen molar-refractivity contribution in [3.05, 3.63) is 69.2 Å². The summed E-state index contributed by atoms with van der Waals surface area (Å²) in [6.07, 6.45) is 4.65. The molecular weight excluding hydrogens is 445 g/mol. The lowest BCUT2D eigenvalue weighted by atomic mass is 9.73. The third-order valence-electron chi connectivity index (χ3n) is 6.98. The van der Waals surface area contributed by atoms with E-state index in [9.17, 15) is 5.11 Å². The number of pyridine rings is 1. The fraction of sp³-hybridized carbons (Fsp3) is 0.375. The van der Waals surface area contributed by atoms with E-state index in [1.165, 1.54) is 5.56 Å². The number of anilines is 1. The number of halogens is 2. The largest absolute Gasteiger partial charge is 0.390 e. The Labute approximate surface area is 197 Å². The third kappa shape index (κ3) is 3.46. The molecule has 0 unspecified atom stereocenters. The number of aliphatic hydroxyl groups is 1. The van der Waals surface area contributed by atoms with E-state index in [4.69, 9.17) is 38.9 Å². The van der Waals surface area contributed by atoms with E-state index in [0.717, 1.165) is 49.6 Å². The molecule has 6 nitrogen and oxygen atoms in total. The molecule has 8 heteroatoms. The summed E-state index contributed by atoms with van der Waals surface area (Å²) in [6, 6.07) is 9.51. The summed E-state index contributed by atoms with van der Waals surface area (Å²) in [5.41, 5.74) is 11.7. The molecule has 0 amide bonds. The predicted octanol–water partition coefficient (Wildman–Crippen LogP) is 4.49. The minimum absolute atomic E-state index is 0.00540. The van der Waals surface area contributed by atoms with Gasteiger partial charge in [-0.3, -0.25) is 4.98 Å². The third-order valence-corrected chi connectivity index (χ3v) is 7.80. The van der Waals surface area contributed by atoms with Crippen LogP contribution >= 0.6 is 23.2 Å². The number of aromatic nitrogens is 3. The highest BCUT2D eigenvalue weighted by atomic mass is 35.5. The first-order valence-electron chi connectivity index (χ1n) is 10.8. The van der Waals surface area contributed by atoms with Gasteiger partial charge in [0, 0.05) is 36.6 Å². The lowest BCUT2D eigenvalue weighted by Crippen LogP contribution is -2.45. The van der Waals surface area contributed by atoms with Crippen LogP contribution in [0.3, 0.4) is 0 Å². The molecule has 2 aromatic heterocycles. The van der Waals surface area contributed by atoms with Crippen LogP contribution in [0.25, 0.3) is 11.3 Å². The van der Waals surface area contributed by atoms with Gasteiger partial charge in [-0.25, -0.2) is 9.97 Å². The molecule has 0 bridgehead atoms. The van der Waals surface area contributed by atoms with E-state index in [1.54, 1.807) is 6.07 Å². The SMILES string of the molecule is Cc1nc(N2CCC3(CC2)Cc2ncccc2[C@H]3N)c(CO)nc1-c1cccc(Cl)c1Cl. The summed E-state index contributed by atoms with van der Waals surface area (Å²) in [6.45, 7) is 3.31. The van der Waals surface area contributed by atoms with Gasteiger partial charge in [0.05, 0.1) is 28.0 Å². The van der Waals surface area contributed by atoms with Gasteiger partial charge in [0.25, 0.3) is 0 Å². The Balaban J connectivity index is 1.42. The Morgan fingerprint density at radius 2 is 1.94 bits per heavy atom. The van der Waals surface area contributed by atoms with E-state index in [0.29, 0.717) is 27.0 Å². The van der Waals surface area contributed by atoms with Gasteiger partial charge in [0.15, 0.2) is 5.82 Å². The van der Waals surface area contributed by atoms with E-state index in [1.807, 2.05) is 31.3 Å². The second-order valence-electron chi connectivity index (χ2n) is 8.73. The van der Waals surface area contributed by atoms with Crippen LogP contribution in [0.5, 0.6) is 0 Å². The maximum Gasteiger partial charge on any atom is 0.153 e. The molecule has 0 saturated carbocycles. The van der Waals surface area contributed by atoms with Crippen molar-refractivity contribution in [1.29, 1.82) is 0 Å². The second kappa shape index (κ2) is 8.27. The molecule has 1 aliphatic carbocycles. The molecule has 1 spiro atoms. The van der Waals surface area contributed by atoms with Gasteiger partial charge in [0.1, 0.15) is 5.69 Å². The van der Waals surface area contributed by atoms with Crippen LogP contribution in [0.4, 0.5) is 5.82 Å². The molecule has 3 heterocycles. The van der Waals surface area contributed by atoms with E-state index >= 15 is 0 Å². The number of hydrogen-bond donors (Lipinski definition) is 2. The van der Waals surface area contributed by atoms with Gasteiger partial charge in [-0.15, -0.1) is 0 Å². The molecule has 1 atom stereocenters. The molecule has 166 valence electrons. The zero-order valence-corrected chi connectivity index (χ0v) is 19.4. The Morgan fingerprint density at radius 3 is 2.66 bits per heavy atom. The average Bonchev–Trinajstić information content (AvgIpc) is 3.07. The van der Waals surface area contributed by atoms with Crippen molar-refractivity contribution in [3.63, 3.8) is 0 Å². The maximum absolute atomic E-state index is 10.1. The number of benzene rings is 1. The molecular formula is C24H25Cl2N5O. The first-order chi connectivity index (χ1) is 15.4. The predicted molar refractivity (Wildman–Crippen MR) is 127 cm³/mol. The second-order valence-corrected chi connectivity index (χ2v) is 9.52. The number of nitrogens with zero attached hydrogens (tertiary/aromatic N) is 4. The highest BCUT2D eigenvalue weighted by Gasteiger charge is 2.46. The smallest absolute Gasteiger partial charge is 0.153 e. The number of aryl methyl sites for hydroxylation is 1. The lowest BCUT2D eigenvalue weighted by Gasteiger charge is -2.42. The van der Waals surface area contributed by atoms with Crippen molar-refractivity contribution < 1.29 is 5.11 Å². The fourth-order valence-electron chi connectivity index (χ4n) is 5.15. The topological polar surface area (TPSA) is 88.2 Å². The van der Waals surface area contributed by atoms with Gasteiger partial charge in [-0.2, -0.15) is 0 Å². The number of hydrogen-bond acceptors (Lipinski definition) is 6. The van der Waals surface area contributed by atoms with E-state index in [-0.39, 0.29) is 18.1 Å². The Kier molecular flexibility index (Phi) is 5.58. The minimum Gasteiger partial charge on any atom is -0.390 e. The van der Waals surface area contributed by atoms with Crippen LogP contribution in [-0.2, 0) is 13.0 Å². The summed E-state index contributed by atoms with van der Waals surface area (Å²) in [7, 11) is 0. The van der Waals surface area contributed by atoms with Gasteiger partial charge in [-0.05, 0) is 49.3 Å². The molecule has 3 N–H and O–H groups in total. The normalized spacial score (nSPS) is 19.4. The number of fused-ring (bicyclic) bond motifs is 1. The van der Waals surface area contributed by atoms with Gasteiger partial charge in [0.2, 0.25) is 0 Å². The van der Waals surface area contributed by atoms with Crippen LogP contribution in [0.15, 0.2) is 36.5 Å². The molecule has 1 aliphatic heterocycles. The highest BCUT2D eigenvalue weighted by molar-refractivity contribution is 6.43. The average molecular weight is 470 g/mol. The van der Waals surface area contributed by atoms with E-state index in [2.05, 4.69) is 16.0 Å². The Hall–Kier alpha value is -2.25. The zero-order valence-electron chi connectivity index (χ0n) is 17.9. The maximum atomic E-state index is 10.1. The number of rotatable bonds is 3. The molecule has 5 rings (SSSR count). The number of piperidine rings is 1. The minimum atomic E-state index is -0.204. The molecule has 1 saturated heterocycles. The van der Waals surface area contributed by atoms with Crippen molar-refractivity contribution in [2.45, 2.75) is 38.8 Å². The summed E-state index contributed by atoms with van der Waals surface area (Å²) >= 11 is 12.6. The first kappa shape index (κ1) is 21.6.